The van der Waals surface area contributed by atoms with E-state index >= 15 is 0 Å². The predicted octanol–water partition coefficient (Wildman–Crippen LogP) is 1.17. The Hall–Kier alpha value is -0.840. The van der Waals surface area contributed by atoms with Gasteiger partial charge in [0, 0.05) is 33.2 Å². The molecule has 1 heterocycles. The van der Waals surface area contributed by atoms with Gasteiger partial charge in [0.25, 0.3) is 0 Å². The van der Waals surface area contributed by atoms with Crippen molar-refractivity contribution in [3.63, 3.8) is 0 Å². The Morgan fingerprint density at radius 3 is 2.56 bits per heavy atom. The molecule has 0 radical (unpaired) electrons. The Labute approximate surface area is 97.4 Å². The molecule has 0 saturated carbocycles. The van der Waals surface area contributed by atoms with Crippen molar-refractivity contribution in [1.29, 1.82) is 0 Å². The molecule has 0 fully saturated rings. The smallest absolute Gasteiger partial charge is 0.117 e. The molecule has 4 heteroatoms. The number of hydrogen-bond donors (Lipinski definition) is 2. The van der Waals surface area contributed by atoms with Crippen molar-refractivity contribution in [2.24, 2.45) is 0 Å². The van der Waals surface area contributed by atoms with Crippen LogP contribution in [0.1, 0.15) is 18.4 Å². The fourth-order valence-corrected chi connectivity index (χ4v) is 1.39. The van der Waals surface area contributed by atoms with Crippen LogP contribution in [0.5, 0.6) is 0 Å². The lowest BCUT2D eigenvalue weighted by Crippen LogP contribution is -2.29. The molecule has 4 nitrogen and oxygen atoms in total. The summed E-state index contributed by atoms with van der Waals surface area (Å²) in [5.74, 6) is 2.06. The topological polar surface area (TPSA) is 46.4 Å². The number of aryl methyl sites for hydroxylation is 1. The van der Waals surface area contributed by atoms with E-state index in [4.69, 9.17) is 9.15 Å². The molecule has 0 aliphatic heterocycles. The zero-order chi connectivity index (χ0) is 11.6. The maximum atomic E-state index is 5.57. The van der Waals surface area contributed by atoms with Gasteiger partial charge in [-0.15, -0.1) is 0 Å². The van der Waals surface area contributed by atoms with Gasteiger partial charge in [-0.05, 0) is 12.1 Å². The number of hydrogen-bond acceptors (Lipinski definition) is 4. The van der Waals surface area contributed by atoms with Crippen molar-refractivity contribution in [2.45, 2.75) is 19.9 Å². The Morgan fingerprint density at radius 1 is 1.12 bits per heavy atom. The van der Waals surface area contributed by atoms with Gasteiger partial charge in [0.1, 0.15) is 11.5 Å². The molecule has 0 saturated heterocycles. The zero-order valence-corrected chi connectivity index (χ0v) is 10.2. The second-order valence-electron chi connectivity index (χ2n) is 3.64. The average molecular weight is 226 g/mol. The van der Waals surface area contributed by atoms with Gasteiger partial charge >= 0.3 is 0 Å². The molecular formula is C12H22N2O2. The SMILES string of the molecule is CCc1ccc(CNCCNCCOC)o1. The Balaban J connectivity index is 1.98. The molecule has 0 aliphatic carbocycles. The third kappa shape index (κ3) is 5.30. The minimum absolute atomic E-state index is 0.762. The van der Waals surface area contributed by atoms with E-state index in [1.165, 1.54) is 0 Å². The first-order chi connectivity index (χ1) is 7.86. The van der Waals surface area contributed by atoms with Gasteiger partial charge in [0.2, 0.25) is 0 Å². The van der Waals surface area contributed by atoms with E-state index in [2.05, 4.69) is 17.6 Å². The summed E-state index contributed by atoms with van der Waals surface area (Å²) in [4.78, 5) is 0. The van der Waals surface area contributed by atoms with Gasteiger partial charge in [-0.3, -0.25) is 0 Å². The quantitative estimate of drug-likeness (QED) is 0.620. The molecule has 0 spiro atoms. The monoisotopic (exact) mass is 226 g/mol. The highest BCUT2D eigenvalue weighted by atomic mass is 16.5. The van der Waals surface area contributed by atoms with Crippen LogP contribution in [0.25, 0.3) is 0 Å². The summed E-state index contributed by atoms with van der Waals surface area (Å²) in [6.07, 6.45) is 0.957. The van der Waals surface area contributed by atoms with Crippen LogP contribution >= 0.6 is 0 Å². The second-order valence-corrected chi connectivity index (χ2v) is 3.64. The summed E-state index contributed by atoms with van der Waals surface area (Å²) < 4.78 is 10.5. The number of ether oxygens (including phenoxy) is 1. The summed E-state index contributed by atoms with van der Waals surface area (Å²) in [5.41, 5.74) is 0. The lowest BCUT2D eigenvalue weighted by atomic mass is 10.3. The van der Waals surface area contributed by atoms with E-state index in [9.17, 15) is 0 Å². The van der Waals surface area contributed by atoms with Gasteiger partial charge in [0.05, 0.1) is 13.2 Å². The molecule has 2 N–H and O–H groups in total. The van der Waals surface area contributed by atoms with Crippen LogP contribution < -0.4 is 10.6 Å². The summed E-state index contributed by atoms with van der Waals surface area (Å²) in [6.45, 7) is 6.44. The first kappa shape index (κ1) is 13.2. The van der Waals surface area contributed by atoms with E-state index in [1.54, 1.807) is 7.11 Å². The Bertz CT molecular complexity index is 274. The van der Waals surface area contributed by atoms with Crippen LogP contribution in [0.15, 0.2) is 16.5 Å². The molecule has 0 unspecified atom stereocenters. The largest absolute Gasteiger partial charge is 0.465 e. The molecular weight excluding hydrogens is 204 g/mol. The van der Waals surface area contributed by atoms with Crippen molar-refractivity contribution in [3.05, 3.63) is 23.7 Å². The second kappa shape index (κ2) is 8.33. The van der Waals surface area contributed by atoms with E-state index in [1.807, 2.05) is 12.1 Å². The van der Waals surface area contributed by atoms with Gasteiger partial charge in [-0.25, -0.2) is 0 Å². The van der Waals surface area contributed by atoms with Crippen LogP contribution in [0, 0.1) is 0 Å². The van der Waals surface area contributed by atoms with Crippen LogP contribution in [0.3, 0.4) is 0 Å². The maximum Gasteiger partial charge on any atom is 0.117 e. The van der Waals surface area contributed by atoms with Crippen molar-refractivity contribution in [3.8, 4) is 0 Å². The number of furan rings is 1. The van der Waals surface area contributed by atoms with E-state index in [0.717, 1.165) is 50.7 Å². The minimum atomic E-state index is 0.762. The van der Waals surface area contributed by atoms with Crippen LogP contribution in [-0.4, -0.2) is 33.4 Å². The van der Waals surface area contributed by atoms with Crippen LogP contribution in [0.2, 0.25) is 0 Å². The van der Waals surface area contributed by atoms with Gasteiger partial charge in [0.15, 0.2) is 0 Å². The lowest BCUT2D eigenvalue weighted by molar-refractivity contribution is 0.199. The van der Waals surface area contributed by atoms with Crippen LogP contribution in [0.4, 0.5) is 0 Å². The van der Waals surface area contributed by atoms with Gasteiger partial charge < -0.3 is 19.8 Å². The van der Waals surface area contributed by atoms with Crippen molar-refractivity contribution >= 4 is 0 Å². The fraction of sp³-hybridized carbons (Fsp3) is 0.667. The van der Waals surface area contributed by atoms with Gasteiger partial charge in [-0.1, -0.05) is 6.92 Å². The molecule has 1 aromatic heterocycles. The molecule has 0 aliphatic rings. The highest BCUT2D eigenvalue weighted by molar-refractivity contribution is 5.06. The average Bonchev–Trinajstić information content (AvgIpc) is 2.76. The molecule has 0 amide bonds. The third-order valence-electron chi connectivity index (χ3n) is 2.33. The standard InChI is InChI=1S/C12H22N2O2/c1-3-11-4-5-12(16-11)10-14-7-6-13-8-9-15-2/h4-5,13-14H,3,6-10H2,1-2H3. The van der Waals surface area contributed by atoms with E-state index in [0.29, 0.717) is 0 Å². The predicted molar refractivity (Wildman–Crippen MR) is 64.5 cm³/mol. The van der Waals surface area contributed by atoms with Crippen molar-refractivity contribution < 1.29 is 9.15 Å². The van der Waals surface area contributed by atoms with Crippen molar-refractivity contribution in [1.82, 2.24) is 10.6 Å². The normalized spacial score (nSPS) is 10.9. The molecule has 1 rings (SSSR count). The molecule has 0 atom stereocenters. The molecule has 0 bridgehead atoms. The van der Waals surface area contributed by atoms with Gasteiger partial charge in [-0.2, -0.15) is 0 Å². The van der Waals surface area contributed by atoms with Crippen LogP contribution in [-0.2, 0) is 17.7 Å². The number of rotatable bonds is 9. The summed E-state index contributed by atoms with van der Waals surface area (Å²) in [6, 6.07) is 4.07. The Morgan fingerprint density at radius 2 is 1.88 bits per heavy atom. The summed E-state index contributed by atoms with van der Waals surface area (Å²) in [5, 5.41) is 6.59. The zero-order valence-electron chi connectivity index (χ0n) is 10.2. The first-order valence-corrected chi connectivity index (χ1v) is 5.84. The molecule has 0 aromatic carbocycles. The van der Waals surface area contributed by atoms with E-state index < -0.39 is 0 Å². The molecule has 16 heavy (non-hydrogen) atoms. The minimum Gasteiger partial charge on any atom is -0.465 e. The third-order valence-corrected chi connectivity index (χ3v) is 2.33. The number of nitrogens with one attached hydrogen (secondary N) is 2. The summed E-state index contributed by atoms with van der Waals surface area (Å²) >= 11 is 0. The molecule has 1 aromatic rings. The summed E-state index contributed by atoms with van der Waals surface area (Å²) in [7, 11) is 1.71. The maximum absolute atomic E-state index is 5.57. The molecule has 92 valence electrons. The lowest BCUT2D eigenvalue weighted by Gasteiger charge is -2.04. The number of methoxy groups -OCH3 is 1. The first-order valence-electron chi connectivity index (χ1n) is 5.84. The highest BCUT2D eigenvalue weighted by Crippen LogP contribution is 2.07. The highest BCUT2D eigenvalue weighted by Gasteiger charge is 1.98. The van der Waals surface area contributed by atoms with E-state index in [-0.39, 0.29) is 0 Å². The Kier molecular flexibility index (Phi) is 6.88. The fourth-order valence-electron chi connectivity index (χ4n) is 1.39. The van der Waals surface area contributed by atoms with Crippen molar-refractivity contribution in [2.75, 3.05) is 33.4 Å².